The Morgan fingerprint density at radius 1 is 1.21 bits per heavy atom. The van der Waals surface area contributed by atoms with E-state index in [4.69, 9.17) is 9.15 Å². The number of methoxy groups -OCH3 is 1. The molecular weight excluding hydrogens is 372 g/mol. The Morgan fingerprint density at radius 3 is 2.83 bits per heavy atom. The number of amides is 1. The molecule has 2 aromatic carbocycles. The number of benzene rings is 2. The summed E-state index contributed by atoms with van der Waals surface area (Å²) in [6, 6.07) is 12.6. The summed E-state index contributed by atoms with van der Waals surface area (Å²) in [6.07, 6.45) is 1.69. The van der Waals surface area contributed by atoms with Crippen LogP contribution in [-0.4, -0.2) is 38.2 Å². The van der Waals surface area contributed by atoms with Gasteiger partial charge in [-0.1, -0.05) is 12.1 Å². The van der Waals surface area contributed by atoms with Crippen LogP contribution in [0.15, 0.2) is 46.9 Å². The van der Waals surface area contributed by atoms with Gasteiger partial charge in [0.1, 0.15) is 17.0 Å². The summed E-state index contributed by atoms with van der Waals surface area (Å²) in [7, 11) is 1.59. The minimum Gasteiger partial charge on any atom is -0.497 e. The molecule has 0 unspecified atom stereocenters. The van der Waals surface area contributed by atoms with Gasteiger partial charge in [-0.2, -0.15) is 4.68 Å². The molecule has 2 aromatic heterocycles. The highest BCUT2D eigenvalue weighted by atomic mass is 16.5. The second-order valence-electron chi connectivity index (χ2n) is 6.31. The molecule has 0 saturated heterocycles. The zero-order valence-corrected chi connectivity index (χ0v) is 16.1. The zero-order chi connectivity index (χ0) is 20.4. The van der Waals surface area contributed by atoms with E-state index in [1.807, 2.05) is 24.3 Å². The number of aryl methyl sites for hydroxylation is 2. The first kappa shape index (κ1) is 18.4. The Labute approximate surface area is 166 Å². The monoisotopic (exact) mass is 390 g/mol. The van der Waals surface area contributed by atoms with Gasteiger partial charge < -0.3 is 14.5 Å². The highest BCUT2D eigenvalue weighted by Gasteiger charge is 2.17. The lowest BCUT2D eigenvalue weighted by Gasteiger charge is -2.10. The number of ether oxygens (including phenoxy) is 1. The molecule has 4 rings (SSSR count). The quantitative estimate of drug-likeness (QED) is 0.522. The molecule has 0 atom stereocenters. The van der Waals surface area contributed by atoms with Crippen molar-refractivity contribution in [2.24, 2.45) is 0 Å². The Kier molecular flexibility index (Phi) is 4.78. The smallest absolute Gasteiger partial charge is 0.274 e. The van der Waals surface area contributed by atoms with E-state index in [0.29, 0.717) is 28.7 Å². The van der Waals surface area contributed by atoms with Crippen LogP contribution in [0.3, 0.4) is 0 Å². The van der Waals surface area contributed by atoms with Gasteiger partial charge in [-0.05, 0) is 53.3 Å². The molecular formula is C20H18N6O3. The van der Waals surface area contributed by atoms with Gasteiger partial charge in [0.15, 0.2) is 17.3 Å². The second-order valence-corrected chi connectivity index (χ2v) is 6.31. The fraction of sp³-hybridized carbons (Fsp3) is 0.150. The number of rotatable bonds is 5. The van der Waals surface area contributed by atoms with E-state index in [9.17, 15) is 4.79 Å². The highest BCUT2D eigenvalue weighted by Crippen LogP contribution is 2.22. The lowest BCUT2D eigenvalue weighted by molar-refractivity contribution is -0.111. The third-order valence-electron chi connectivity index (χ3n) is 4.24. The van der Waals surface area contributed by atoms with Gasteiger partial charge in [-0.3, -0.25) is 4.79 Å². The van der Waals surface area contributed by atoms with Crippen molar-refractivity contribution in [1.82, 2.24) is 25.2 Å². The Hall–Kier alpha value is -4.01. The highest BCUT2D eigenvalue weighted by molar-refractivity contribution is 6.24. The van der Waals surface area contributed by atoms with Crippen LogP contribution in [0.4, 0.5) is 5.69 Å². The van der Waals surface area contributed by atoms with Crippen molar-refractivity contribution in [3.63, 3.8) is 0 Å². The maximum Gasteiger partial charge on any atom is 0.274 e. The molecule has 0 bridgehead atoms. The minimum absolute atomic E-state index is 0.259. The van der Waals surface area contributed by atoms with Crippen molar-refractivity contribution in [1.29, 1.82) is 0 Å². The van der Waals surface area contributed by atoms with Crippen LogP contribution in [0.25, 0.3) is 22.9 Å². The van der Waals surface area contributed by atoms with Crippen molar-refractivity contribution in [2.75, 3.05) is 12.4 Å². The number of carbonyl (C=O) groups excluding carboxylic acids is 1. The van der Waals surface area contributed by atoms with Crippen LogP contribution in [0.5, 0.6) is 5.75 Å². The van der Waals surface area contributed by atoms with E-state index in [1.165, 1.54) is 4.68 Å². The largest absolute Gasteiger partial charge is 0.497 e. The fourth-order valence-electron chi connectivity index (χ4n) is 2.88. The van der Waals surface area contributed by atoms with Crippen molar-refractivity contribution >= 4 is 34.5 Å². The molecule has 1 N–H and O–H groups in total. The van der Waals surface area contributed by atoms with Crippen LogP contribution in [0, 0.1) is 13.8 Å². The van der Waals surface area contributed by atoms with Crippen LogP contribution in [0.2, 0.25) is 0 Å². The molecule has 0 radical (unpaired) electrons. The number of oxazole rings is 1. The predicted molar refractivity (Wildman–Crippen MR) is 107 cm³/mol. The second kappa shape index (κ2) is 7.55. The summed E-state index contributed by atoms with van der Waals surface area (Å²) in [5, 5.41) is 14.3. The van der Waals surface area contributed by atoms with E-state index in [1.54, 1.807) is 45.2 Å². The lowest BCUT2D eigenvalue weighted by Crippen LogP contribution is -2.19. The van der Waals surface area contributed by atoms with Gasteiger partial charge in [0, 0.05) is 18.7 Å². The first-order valence-electron chi connectivity index (χ1n) is 8.83. The van der Waals surface area contributed by atoms with E-state index in [-0.39, 0.29) is 11.6 Å². The standard InChI is InChI=1S/C20H18N6O3/c1-12-23-24-25-26(12)18(10-14-5-4-6-16(9-14)28-3)20(27)22-15-7-8-17-19(11-15)29-13(2)21-17/h4-11H,1-3H3,(H,22,27). The van der Waals surface area contributed by atoms with Crippen molar-refractivity contribution in [2.45, 2.75) is 13.8 Å². The molecule has 0 fully saturated rings. The van der Waals surface area contributed by atoms with Crippen LogP contribution >= 0.6 is 0 Å². The van der Waals surface area contributed by atoms with E-state index < -0.39 is 0 Å². The third-order valence-corrected chi connectivity index (χ3v) is 4.24. The van der Waals surface area contributed by atoms with Gasteiger partial charge >= 0.3 is 0 Å². The maximum atomic E-state index is 13.1. The minimum atomic E-state index is -0.376. The van der Waals surface area contributed by atoms with E-state index in [0.717, 1.165) is 11.1 Å². The van der Waals surface area contributed by atoms with Crippen LogP contribution in [0.1, 0.15) is 17.3 Å². The SMILES string of the molecule is COc1cccc(C=C(C(=O)Nc2ccc3nc(C)oc3c2)n2nnnc2C)c1. The normalized spacial score (nSPS) is 11.6. The third kappa shape index (κ3) is 3.84. The molecule has 1 amide bonds. The Morgan fingerprint density at radius 2 is 2.07 bits per heavy atom. The Bertz CT molecular complexity index is 1220. The first-order chi connectivity index (χ1) is 14.0. The van der Waals surface area contributed by atoms with Gasteiger partial charge in [0.05, 0.1) is 7.11 Å². The molecule has 0 saturated carbocycles. The topological polar surface area (TPSA) is 108 Å². The number of aromatic nitrogens is 5. The van der Waals surface area contributed by atoms with Gasteiger partial charge in [0.2, 0.25) is 0 Å². The molecule has 0 aliphatic rings. The van der Waals surface area contributed by atoms with Gasteiger partial charge in [-0.15, -0.1) is 5.10 Å². The molecule has 0 spiro atoms. The van der Waals surface area contributed by atoms with Crippen molar-refractivity contribution in [3.05, 3.63) is 59.7 Å². The number of carbonyl (C=O) groups is 1. The summed E-state index contributed by atoms with van der Waals surface area (Å²) >= 11 is 0. The molecule has 0 aliphatic heterocycles. The number of nitrogens with one attached hydrogen (secondary N) is 1. The van der Waals surface area contributed by atoms with Gasteiger partial charge in [-0.25, -0.2) is 4.98 Å². The fourth-order valence-corrected chi connectivity index (χ4v) is 2.88. The molecule has 4 aromatic rings. The molecule has 146 valence electrons. The van der Waals surface area contributed by atoms with Crippen molar-refractivity contribution in [3.8, 4) is 5.75 Å². The summed E-state index contributed by atoms with van der Waals surface area (Å²) in [5.74, 6) is 1.35. The summed E-state index contributed by atoms with van der Waals surface area (Å²) in [4.78, 5) is 17.3. The van der Waals surface area contributed by atoms with Crippen LogP contribution in [-0.2, 0) is 4.79 Å². The molecule has 9 nitrogen and oxygen atoms in total. The number of hydrogen-bond donors (Lipinski definition) is 1. The maximum absolute atomic E-state index is 13.1. The van der Waals surface area contributed by atoms with E-state index >= 15 is 0 Å². The number of nitrogens with zero attached hydrogens (tertiary/aromatic N) is 5. The first-order valence-corrected chi connectivity index (χ1v) is 8.83. The average molecular weight is 390 g/mol. The van der Waals surface area contributed by atoms with Crippen LogP contribution < -0.4 is 10.1 Å². The molecule has 9 heteroatoms. The van der Waals surface area contributed by atoms with Crippen molar-refractivity contribution < 1.29 is 13.9 Å². The summed E-state index contributed by atoms with van der Waals surface area (Å²) < 4.78 is 12.2. The zero-order valence-electron chi connectivity index (χ0n) is 16.1. The number of anilines is 1. The summed E-state index contributed by atoms with van der Waals surface area (Å²) in [5.41, 5.74) is 2.92. The molecule has 29 heavy (non-hydrogen) atoms. The number of tetrazole rings is 1. The predicted octanol–water partition coefficient (Wildman–Crippen LogP) is 3.08. The lowest BCUT2D eigenvalue weighted by atomic mass is 10.1. The number of fused-ring (bicyclic) bond motifs is 1. The summed E-state index contributed by atoms with van der Waals surface area (Å²) in [6.45, 7) is 3.49. The van der Waals surface area contributed by atoms with Gasteiger partial charge in [0.25, 0.3) is 5.91 Å². The average Bonchev–Trinajstić information content (AvgIpc) is 3.30. The number of hydrogen-bond acceptors (Lipinski definition) is 7. The molecule has 2 heterocycles. The Balaban J connectivity index is 1.70. The van der Waals surface area contributed by atoms with E-state index in [2.05, 4.69) is 25.8 Å². The molecule has 0 aliphatic carbocycles.